The minimum atomic E-state index is -0.348. The van der Waals surface area contributed by atoms with Gasteiger partial charge in [0.1, 0.15) is 0 Å². The predicted molar refractivity (Wildman–Crippen MR) is 70.0 cm³/mol. The van der Waals surface area contributed by atoms with E-state index in [-0.39, 0.29) is 18.6 Å². The second kappa shape index (κ2) is 8.44. The molecule has 1 rings (SSSR count). The van der Waals surface area contributed by atoms with Gasteiger partial charge in [-0.15, -0.1) is 0 Å². The normalized spacial score (nSPS) is 12.6. The zero-order valence-electron chi connectivity index (χ0n) is 10.5. The fraction of sp³-hybridized carbons (Fsp3) is 0.357. The Bertz CT molecular complexity index is 376. The third kappa shape index (κ3) is 5.12. The molecule has 0 fully saturated rings. The van der Waals surface area contributed by atoms with Gasteiger partial charge in [-0.3, -0.25) is 0 Å². The van der Waals surface area contributed by atoms with Crippen LogP contribution in [0.15, 0.2) is 42.5 Å². The summed E-state index contributed by atoms with van der Waals surface area (Å²) in [5.41, 5.74) is 1.02. The van der Waals surface area contributed by atoms with Crippen LogP contribution in [0.1, 0.15) is 18.5 Å². The van der Waals surface area contributed by atoms with Crippen molar-refractivity contribution in [3.05, 3.63) is 48.0 Å². The zero-order chi connectivity index (χ0) is 13.2. The van der Waals surface area contributed by atoms with E-state index in [0.29, 0.717) is 13.2 Å². The highest BCUT2D eigenvalue weighted by molar-refractivity contribution is 5.81. The number of benzene rings is 1. The van der Waals surface area contributed by atoms with Gasteiger partial charge in [-0.1, -0.05) is 36.4 Å². The minimum absolute atomic E-state index is 0.0112. The summed E-state index contributed by atoms with van der Waals surface area (Å²) in [6.07, 6.45) is 3.07. The molecule has 0 aliphatic rings. The maximum absolute atomic E-state index is 11.0. The van der Waals surface area contributed by atoms with Crippen LogP contribution < -0.4 is 5.32 Å². The summed E-state index contributed by atoms with van der Waals surface area (Å²) in [7, 11) is 0. The molecule has 0 spiro atoms. The number of ether oxygens (including phenoxy) is 1. The highest BCUT2D eigenvalue weighted by atomic mass is 16.5. The number of aliphatic hydroxyl groups is 1. The van der Waals surface area contributed by atoms with Crippen LogP contribution >= 0.6 is 0 Å². The Morgan fingerprint density at radius 1 is 1.44 bits per heavy atom. The van der Waals surface area contributed by atoms with Crippen LogP contribution in [0.25, 0.3) is 0 Å². The van der Waals surface area contributed by atoms with Crippen molar-refractivity contribution in [3.8, 4) is 0 Å². The summed E-state index contributed by atoms with van der Waals surface area (Å²) in [5, 5.41) is 12.4. The fourth-order valence-corrected chi connectivity index (χ4v) is 1.53. The van der Waals surface area contributed by atoms with Gasteiger partial charge in [0.05, 0.1) is 19.3 Å². The molecule has 0 heterocycles. The van der Waals surface area contributed by atoms with Crippen LogP contribution in [0.3, 0.4) is 0 Å². The average Bonchev–Trinajstić information content (AvgIpc) is 2.40. The Kier molecular flexibility index (Phi) is 6.76. The van der Waals surface area contributed by atoms with Gasteiger partial charge in [0.25, 0.3) is 0 Å². The summed E-state index contributed by atoms with van der Waals surface area (Å²) in [6.45, 7) is 2.65. The molecule has 4 heteroatoms. The topological polar surface area (TPSA) is 58.6 Å². The highest BCUT2D eigenvalue weighted by Gasteiger charge is 2.07. The van der Waals surface area contributed by atoms with E-state index in [4.69, 9.17) is 4.74 Å². The summed E-state index contributed by atoms with van der Waals surface area (Å²) in [5.74, 6) is -0.348. The Balaban J connectivity index is 2.39. The van der Waals surface area contributed by atoms with Crippen molar-refractivity contribution in [1.82, 2.24) is 5.32 Å². The smallest absolute Gasteiger partial charge is 0.330 e. The van der Waals surface area contributed by atoms with Gasteiger partial charge in [0, 0.05) is 12.6 Å². The van der Waals surface area contributed by atoms with Crippen molar-refractivity contribution >= 4 is 5.97 Å². The third-order valence-electron chi connectivity index (χ3n) is 2.41. The van der Waals surface area contributed by atoms with Crippen molar-refractivity contribution in [3.63, 3.8) is 0 Å². The molecule has 0 saturated heterocycles. The third-order valence-corrected chi connectivity index (χ3v) is 2.41. The monoisotopic (exact) mass is 249 g/mol. The van der Waals surface area contributed by atoms with Crippen LogP contribution in [-0.2, 0) is 9.53 Å². The predicted octanol–water partition coefficient (Wildman–Crippen LogP) is 1.43. The molecular formula is C14H19NO3. The number of rotatable bonds is 7. The Hall–Kier alpha value is -1.65. The van der Waals surface area contributed by atoms with Gasteiger partial charge < -0.3 is 15.2 Å². The van der Waals surface area contributed by atoms with Crippen molar-refractivity contribution in [2.75, 3.05) is 19.8 Å². The zero-order valence-corrected chi connectivity index (χ0v) is 10.5. The lowest BCUT2D eigenvalue weighted by Crippen LogP contribution is -2.24. The Morgan fingerprint density at radius 2 is 2.17 bits per heavy atom. The van der Waals surface area contributed by atoms with Crippen LogP contribution in [0.4, 0.5) is 0 Å². The van der Waals surface area contributed by atoms with Gasteiger partial charge in [-0.05, 0) is 12.5 Å². The molecule has 2 N–H and O–H groups in total. The van der Waals surface area contributed by atoms with E-state index in [1.165, 1.54) is 6.08 Å². The SMILES string of the molecule is CCOC(=O)/C=C/CNC(CO)c1ccccc1. The molecule has 1 atom stereocenters. The number of carbonyl (C=O) groups excluding carboxylic acids is 1. The first kappa shape index (κ1) is 14.4. The molecule has 0 saturated carbocycles. The molecule has 0 amide bonds. The number of esters is 1. The summed E-state index contributed by atoms with van der Waals surface area (Å²) in [6, 6.07) is 9.55. The summed E-state index contributed by atoms with van der Waals surface area (Å²) >= 11 is 0. The quantitative estimate of drug-likeness (QED) is 0.567. The van der Waals surface area contributed by atoms with E-state index in [1.54, 1.807) is 13.0 Å². The van der Waals surface area contributed by atoms with Gasteiger partial charge in [-0.2, -0.15) is 0 Å². The Labute approximate surface area is 107 Å². The van der Waals surface area contributed by atoms with Crippen LogP contribution in [0, 0.1) is 0 Å². The summed E-state index contributed by atoms with van der Waals surface area (Å²) in [4.78, 5) is 11.0. The molecule has 0 aromatic heterocycles. The van der Waals surface area contributed by atoms with Crippen LogP contribution in [0.2, 0.25) is 0 Å². The van der Waals surface area contributed by atoms with Crippen molar-refractivity contribution in [2.24, 2.45) is 0 Å². The molecule has 0 aliphatic heterocycles. The maximum Gasteiger partial charge on any atom is 0.330 e. The Morgan fingerprint density at radius 3 is 2.78 bits per heavy atom. The second-order valence-corrected chi connectivity index (χ2v) is 3.71. The fourth-order valence-electron chi connectivity index (χ4n) is 1.53. The second-order valence-electron chi connectivity index (χ2n) is 3.71. The maximum atomic E-state index is 11.0. The molecule has 0 radical (unpaired) electrons. The summed E-state index contributed by atoms with van der Waals surface area (Å²) < 4.78 is 4.76. The van der Waals surface area contributed by atoms with E-state index >= 15 is 0 Å². The molecule has 18 heavy (non-hydrogen) atoms. The molecule has 98 valence electrons. The number of nitrogens with one attached hydrogen (secondary N) is 1. The van der Waals surface area contributed by atoms with E-state index < -0.39 is 0 Å². The van der Waals surface area contributed by atoms with E-state index in [2.05, 4.69) is 5.32 Å². The largest absolute Gasteiger partial charge is 0.463 e. The number of hydrogen-bond donors (Lipinski definition) is 2. The minimum Gasteiger partial charge on any atom is -0.463 e. The van der Waals surface area contributed by atoms with Crippen molar-refractivity contribution < 1.29 is 14.6 Å². The molecule has 4 nitrogen and oxygen atoms in total. The van der Waals surface area contributed by atoms with E-state index in [1.807, 2.05) is 30.3 Å². The molecule has 0 bridgehead atoms. The van der Waals surface area contributed by atoms with Gasteiger partial charge in [0.2, 0.25) is 0 Å². The van der Waals surface area contributed by atoms with Crippen molar-refractivity contribution in [1.29, 1.82) is 0 Å². The lowest BCUT2D eigenvalue weighted by molar-refractivity contribution is -0.137. The standard InChI is InChI=1S/C14H19NO3/c1-2-18-14(17)9-6-10-15-13(11-16)12-7-4-3-5-8-12/h3-9,13,15-16H,2,10-11H2,1H3/b9-6+. The average molecular weight is 249 g/mol. The molecule has 1 unspecified atom stereocenters. The van der Waals surface area contributed by atoms with Gasteiger partial charge in [-0.25, -0.2) is 4.79 Å². The number of aliphatic hydroxyl groups excluding tert-OH is 1. The molecule has 0 aliphatic carbocycles. The molecule has 1 aromatic carbocycles. The van der Waals surface area contributed by atoms with Crippen molar-refractivity contribution in [2.45, 2.75) is 13.0 Å². The highest BCUT2D eigenvalue weighted by Crippen LogP contribution is 2.10. The first-order chi connectivity index (χ1) is 8.77. The molecular weight excluding hydrogens is 230 g/mol. The van der Waals surface area contributed by atoms with Crippen LogP contribution in [0.5, 0.6) is 0 Å². The first-order valence-corrected chi connectivity index (χ1v) is 6.00. The first-order valence-electron chi connectivity index (χ1n) is 6.00. The van der Waals surface area contributed by atoms with Crippen LogP contribution in [-0.4, -0.2) is 30.8 Å². The van der Waals surface area contributed by atoms with E-state index in [9.17, 15) is 9.90 Å². The number of carbonyl (C=O) groups is 1. The van der Waals surface area contributed by atoms with E-state index in [0.717, 1.165) is 5.56 Å². The van der Waals surface area contributed by atoms with Gasteiger partial charge >= 0.3 is 5.97 Å². The lowest BCUT2D eigenvalue weighted by Gasteiger charge is -2.15. The number of hydrogen-bond acceptors (Lipinski definition) is 4. The lowest BCUT2D eigenvalue weighted by atomic mass is 10.1. The van der Waals surface area contributed by atoms with Gasteiger partial charge in [0.15, 0.2) is 0 Å². The molecule has 1 aromatic rings.